The normalized spacial score (nSPS) is 22.4. The molecule has 0 saturated heterocycles. The van der Waals surface area contributed by atoms with Gasteiger partial charge in [0.05, 0.1) is 0 Å². The highest BCUT2D eigenvalue weighted by molar-refractivity contribution is 5.47. The number of hydrogen-bond donors (Lipinski definition) is 2. The van der Waals surface area contributed by atoms with Gasteiger partial charge in [-0.15, -0.1) is 0 Å². The number of benzene rings is 2. The lowest BCUT2D eigenvalue weighted by molar-refractivity contribution is 0.464. The first kappa shape index (κ1) is 10.2. The summed E-state index contributed by atoms with van der Waals surface area (Å²) in [6, 6.07) is 14.9. The van der Waals surface area contributed by atoms with Crippen molar-refractivity contribution < 1.29 is 10.2 Å². The van der Waals surface area contributed by atoms with Gasteiger partial charge in [-0.2, -0.15) is 0 Å². The van der Waals surface area contributed by atoms with Crippen LogP contribution in [0.2, 0.25) is 0 Å². The van der Waals surface area contributed by atoms with Gasteiger partial charge >= 0.3 is 0 Å². The minimum Gasteiger partial charge on any atom is -0.508 e. The van der Waals surface area contributed by atoms with Crippen molar-refractivity contribution in [3.63, 3.8) is 0 Å². The molecule has 86 valence electrons. The molecule has 0 amide bonds. The molecule has 2 nitrogen and oxygen atoms in total. The number of rotatable bonds is 2. The van der Waals surface area contributed by atoms with Crippen molar-refractivity contribution in [2.45, 2.75) is 18.3 Å². The number of aromatic hydroxyl groups is 2. The molecule has 0 heterocycles. The van der Waals surface area contributed by atoms with E-state index < -0.39 is 0 Å². The summed E-state index contributed by atoms with van der Waals surface area (Å²) in [6.45, 7) is 0. The molecule has 0 radical (unpaired) electrons. The van der Waals surface area contributed by atoms with Crippen molar-refractivity contribution in [1.29, 1.82) is 0 Å². The van der Waals surface area contributed by atoms with Gasteiger partial charge in [0.2, 0.25) is 0 Å². The molecule has 0 bridgehead atoms. The van der Waals surface area contributed by atoms with Crippen LogP contribution in [0, 0.1) is 0 Å². The lowest BCUT2D eigenvalue weighted by atomic mass is 10.0. The largest absolute Gasteiger partial charge is 0.508 e. The van der Waals surface area contributed by atoms with Crippen LogP contribution in [0.5, 0.6) is 11.5 Å². The summed E-state index contributed by atoms with van der Waals surface area (Å²) < 4.78 is 0. The highest BCUT2D eigenvalue weighted by Crippen LogP contribution is 2.57. The number of hydrogen-bond acceptors (Lipinski definition) is 2. The van der Waals surface area contributed by atoms with E-state index in [0.717, 1.165) is 17.5 Å². The van der Waals surface area contributed by atoms with Crippen LogP contribution >= 0.6 is 0 Å². The van der Waals surface area contributed by atoms with Gasteiger partial charge in [0.15, 0.2) is 0 Å². The van der Waals surface area contributed by atoms with Crippen molar-refractivity contribution in [3.8, 4) is 11.5 Å². The molecular formula is C15H14O2. The van der Waals surface area contributed by atoms with E-state index >= 15 is 0 Å². The van der Waals surface area contributed by atoms with E-state index in [1.807, 2.05) is 36.4 Å². The first-order valence-electron chi connectivity index (χ1n) is 5.83. The van der Waals surface area contributed by atoms with Crippen LogP contribution in [0.3, 0.4) is 0 Å². The molecule has 2 heteroatoms. The second-order valence-corrected chi connectivity index (χ2v) is 4.57. The summed E-state index contributed by atoms with van der Waals surface area (Å²) in [5.41, 5.74) is 1.97. The molecule has 2 aromatic carbocycles. The molecule has 17 heavy (non-hydrogen) atoms. The molecule has 2 aromatic rings. The van der Waals surface area contributed by atoms with Crippen LogP contribution in [0.1, 0.15) is 29.4 Å². The van der Waals surface area contributed by atoms with E-state index in [0.29, 0.717) is 23.3 Å². The van der Waals surface area contributed by atoms with E-state index in [-0.39, 0.29) is 0 Å². The maximum Gasteiger partial charge on any atom is 0.119 e. The van der Waals surface area contributed by atoms with E-state index in [4.69, 9.17) is 0 Å². The Kier molecular flexibility index (Phi) is 2.29. The smallest absolute Gasteiger partial charge is 0.119 e. The standard InChI is InChI=1S/C15H14O2/c16-14-7-3-1-5-10(14)12-9-13(12)11-6-2-4-8-15(11)17/h1-8,12-13,16-17H,9H2. The van der Waals surface area contributed by atoms with Gasteiger partial charge < -0.3 is 10.2 Å². The van der Waals surface area contributed by atoms with Crippen molar-refractivity contribution in [2.24, 2.45) is 0 Å². The first-order chi connectivity index (χ1) is 8.27. The van der Waals surface area contributed by atoms with Crippen LogP contribution in [-0.4, -0.2) is 10.2 Å². The van der Waals surface area contributed by atoms with Gasteiger partial charge in [0.1, 0.15) is 11.5 Å². The zero-order valence-corrected chi connectivity index (χ0v) is 9.38. The van der Waals surface area contributed by atoms with Crippen LogP contribution in [0.4, 0.5) is 0 Å². The quantitative estimate of drug-likeness (QED) is 0.824. The number of phenolic OH excluding ortho intramolecular Hbond substituents is 2. The molecule has 1 aliphatic carbocycles. The van der Waals surface area contributed by atoms with Gasteiger partial charge in [-0.3, -0.25) is 0 Å². The minimum absolute atomic E-state index is 0.337. The average Bonchev–Trinajstić information content (AvgIpc) is 3.10. The Balaban J connectivity index is 1.89. The molecule has 1 fully saturated rings. The summed E-state index contributed by atoms with van der Waals surface area (Å²) in [6.07, 6.45) is 0.995. The molecule has 1 aliphatic rings. The second-order valence-electron chi connectivity index (χ2n) is 4.57. The summed E-state index contributed by atoms with van der Waals surface area (Å²) in [5.74, 6) is 1.39. The lowest BCUT2D eigenvalue weighted by Gasteiger charge is -2.05. The maximum atomic E-state index is 9.79. The van der Waals surface area contributed by atoms with Crippen molar-refractivity contribution in [2.75, 3.05) is 0 Å². The van der Waals surface area contributed by atoms with E-state index in [9.17, 15) is 10.2 Å². The van der Waals surface area contributed by atoms with Gasteiger partial charge in [0.25, 0.3) is 0 Å². The Morgan fingerprint density at radius 3 is 1.53 bits per heavy atom. The highest BCUT2D eigenvalue weighted by atomic mass is 16.3. The Bertz CT molecular complexity index is 499. The van der Waals surface area contributed by atoms with Gasteiger partial charge in [-0.1, -0.05) is 36.4 Å². The Morgan fingerprint density at radius 1 is 0.706 bits per heavy atom. The molecule has 1 saturated carbocycles. The molecule has 2 atom stereocenters. The molecule has 3 rings (SSSR count). The topological polar surface area (TPSA) is 40.5 Å². The van der Waals surface area contributed by atoms with Crippen LogP contribution < -0.4 is 0 Å². The highest BCUT2D eigenvalue weighted by Gasteiger charge is 2.41. The summed E-state index contributed by atoms with van der Waals surface area (Å²) in [7, 11) is 0. The second kappa shape index (κ2) is 3.81. The predicted molar refractivity (Wildman–Crippen MR) is 66.3 cm³/mol. The fraction of sp³-hybridized carbons (Fsp3) is 0.200. The molecule has 2 unspecified atom stereocenters. The minimum atomic E-state index is 0.337. The summed E-state index contributed by atoms with van der Waals surface area (Å²) >= 11 is 0. The van der Waals surface area contributed by atoms with E-state index in [1.165, 1.54) is 0 Å². The van der Waals surface area contributed by atoms with Crippen LogP contribution in [0.15, 0.2) is 48.5 Å². The van der Waals surface area contributed by atoms with Crippen molar-refractivity contribution in [3.05, 3.63) is 59.7 Å². The third kappa shape index (κ3) is 1.76. The van der Waals surface area contributed by atoms with Crippen molar-refractivity contribution >= 4 is 0 Å². The zero-order valence-electron chi connectivity index (χ0n) is 9.38. The monoisotopic (exact) mass is 226 g/mol. The average molecular weight is 226 g/mol. The molecule has 0 aliphatic heterocycles. The Hall–Kier alpha value is -1.96. The van der Waals surface area contributed by atoms with Gasteiger partial charge in [0, 0.05) is 0 Å². The maximum absolute atomic E-state index is 9.79. The third-order valence-corrected chi connectivity index (χ3v) is 3.46. The number of para-hydroxylation sites is 2. The fourth-order valence-corrected chi connectivity index (χ4v) is 2.48. The SMILES string of the molecule is Oc1ccccc1C1CC1c1ccccc1O. The molecule has 0 spiro atoms. The Morgan fingerprint density at radius 2 is 1.12 bits per heavy atom. The zero-order chi connectivity index (χ0) is 11.8. The van der Waals surface area contributed by atoms with Crippen LogP contribution in [-0.2, 0) is 0 Å². The fourth-order valence-electron chi connectivity index (χ4n) is 2.48. The number of phenols is 2. The van der Waals surface area contributed by atoms with Gasteiger partial charge in [-0.05, 0) is 41.5 Å². The lowest BCUT2D eigenvalue weighted by Crippen LogP contribution is -1.85. The summed E-state index contributed by atoms with van der Waals surface area (Å²) in [5, 5.41) is 19.6. The van der Waals surface area contributed by atoms with E-state index in [2.05, 4.69) is 0 Å². The summed E-state index contributed by atoms with van der Waals surface area (Å²) in [4.78, 5) is 0. The predicted octanol–water partition coefficient (Wildman–Crippen LogP) is 3.37. The molecule has 2 N–H and O–H groups in total. The van der Waals surface area contributed by atoms with Gasteiger partial charge in [-0.25, -0.2) is 0 Å². The van der Waals surface area contributed by atoms with E-state index in [1.54, 1.807) is 12.1 Å². The first-order valence-corrected chi connectivity index (χ1v) is 5.83. The molecular weight excluding hydrogens is 212 g/mol. The Labute approximate surface area is 100 Å². The van der Waals surface area contributed by atoms with Crippen molar-refractivity contribution in [1.82, 2.24) is 0 Å². The third-order valence-electron chi connectivity index (χ3n) is 3.46. The molecule has 0 aromatic heterocycles. The van der Waals surface area contributed by atoms with Crippen LogP contribution in [0.25, 0.3) is 0 Å².